The number of benzene rings is 3. The van der Waals surface area contributed by atoms with E-state index < -0.39 is 23.4 Å². The first-order chi connectivity index (χ1) is 13.5. The van der Waals surface area contributed by atoms with Gasteiger partial charge in [-0.1, -0.05) is 35.6 Å². The molecule has 0 radical (unpaired) electrons. The van der Waals surface area contributed by atoms with Crippen LogP contribution in [0.25, 0.3) is 10.2 Å². The molecule has 4 aromatic rings. The Morgan fingerprint density at radius 3 is 2.46 bits per heavy atom. The summed E-state index contributed by atoms with van der Waals surface area (Å²) in [5.74, 6) is -3.73. The largest absolute Gasteiger partial charge is 0.457 e. The summed E-state index contributed by atoms with van der Waals surface area (Å²) in [6, 6.07) is 16.4. The maximum atomic E-state index is 13.8. The Kier molecular flexibility index (Phi) is 4.70. The summed E-state index contributed by atoms with van der Waals surface area (Å²) in [6.07, 6.45) is 0. The number of fused-ring (bicyclic) bond motifs is 1. The number of carbonyl (C=O) groups is 1. The van der Waals surface area contributed by atoms with Crippen molar-refractivity contribution in [3.8, 4) is 11.5 Å². The minimum atomic E-state index is -1.60. The van der Waals surface area contributed by atoms with Gasteiger partial charge in [0.1, 0.15) is 17.0 Å². The molecule has 4 rings (SSSR count). The van der Waals surface area contributed by atoms with Crippen LogP contribution in [0.3, 0.4) is 0 Å². The molecule has 0 aliphatic rings. The van der Waals surface area contributed by atoms with E-state index in [-0.39, 0.29) is 20.9 Å². The molecule has 3 aromatic carbocycles. The summed E-state index contributed by atoms with van der Waals surface area (Å²) in [4.78, 5) is 16.3. The number of hydrogen-bond donors (Lipinski definition) is 1. The highest BCUT2D eigenvalue weighted by atomic mass is 32.1. The van der Waals surface area contributed by atoms with Crippen LogP contribution in [0.4, 0.5) is 18.3 Å². The fourth-order valence-electron chi connectivity index (χ4n) is 2.52. The van der Waals surface area contributed by atoms with Gasteiger partial charge < -0.3 is 4.74 Å². The molecule has 0 atom stereocenters. The van der Waals surface area contributed by atoms with Crippen molar-refractivity contribution in [3.05, 3.63) is 83.7 Å². The van der Waals surface area contributed by atoms with Crippen molar-refractivity contribution in [2.75, 3.05) is 5.32 Å². The first-order valence-electron chi connectivity index (χ1n) is 8.09. The lowest BCUT2D eigenvalue weighted by atomic mass is 10.2. The number of nitrogens with zero attached hydrogens (tertiary/aromatic N) is 1. The molecule has 0 bridgehead atoms. The van der Waals surface area contributed by atoms with Crippen LogP contribution in [0.15, 0.2) is 60.7 Å². The van der Waals surface area contributed by atoms with E-state index >= 15 is 0 Å². The van der Waals surface area contributed by atoms with Crippen molar-refractivity contribution in [2.24, 2.45) is 0 Å². The zero-order chi connectivity index (χ0) is 19.7. The average molecular weight is 400 g/mol. The van der Waals surface area contributed by atoms with Crippen LogP contribution < -0.4 is 10.1 Å². The highest BCUT2D eigenvalue weighted by molar-refractivity contribution is 7.22. The van der Waals surface area contributed by atoms with Gasteiger partial charge in [0, 0.05) is 5.56 Å². The van der Waals surface area contributed by atoms with E-state index in [1.165, 1.54) is 6.07 Å². The van der Waals surface area contributed by atoms with Gasteiger partial charge in [-0.2, -0.15) is 0 Å². The number of rotatable bonds is 4. The fraction of sp³-hybridized carbons (Fsp3) is 0. The molecular formula is C20H11F3N2O2S. The van der Waals surface area contributed by atoms with E-state index in [1.54, 1.807) is 30.3 Å². The number of nitrogens with one attached hydrogen (secondary N) is 1. The summed E-state index contributed by atoms with van der Waals surface area (Å²) in [5, 5.41) is 2.53. The normalized spacial score (nSPS) is 10.8. The Bertz CT molecular complexity index is 1180. The Labute approximate surface area is 161 Å². The molecule has 28 heavy (non-hydrogen) atoms. The number of hydrogen-bond acceptors (Lipinski definition) is 4. The third kappa shape index (κ3) is 3.54. The van der Waals surface area contributed by atoms with Gasteiger partial charge in [0.25, 0.3) is 5.91 Å². The second-order valence-corrected chi connectivity index (χ2v) is 6.78. The number of amides is 1. The van der Waals surface area contributed by atoms with Gasteiger partial charge in [-0.15, -0.1) is 0 Å². The third-order valence-corrected chi connectivity index (χ3v) is 4.73. The predicted octanol–water partition coefficient (Wildman–Crippen LogP) is 5.76. The van der Waals surface area contributed by atoms with E-state index in [9.17, 15) is 18.0 Å². The van der Waals surface area contributed by atoms with E-state index in [2.05, 4.69) is 10.3 Å². The van der Waals surface area contributed by atoms with Crippen molar-refractivity contribution >= 4 is 32.6 Å². The smallest absolute Gasteiger partial charge is 0.257 e. The Hall–Kier alpha value is -3.39. The highest BCUT2D eigenvalue weighted by Gasteiger charge is 2.18. The average Bonchev–Trinajstić information content (AvgIpc) is 3.09. The van der Waals surface area contributed by atoms with Gasteiger partial charge in [-0.05, 0) is 36.4 Å². The first kappa shape index (κ1) is 18.0. The molecule has 8 heteroatoms. The van der Waals surface area contributed by atoms with Crippen molar-refractivity contribution < 1.29 is 22.7 Å². The molecule has 0 spiro atoms. The van der Waals surface area contributed by atoms with Crippen molar-refractivity contribution in [1.82, 2.24) is 4.98 Å². The molecule has 1 aromatic heterocycles. The minimum absolute atomic E-state index is 0.0262. The number of aromatic nitrogens is 1. The van der Waals surface area contributed by atoms with E-state index in [1.807, 2.05) is 18.2 Å². The molecule has 0 aliphatic carbocycles. The molecule has 0 saturated heterocycles. The topological polar surface area (TPSA) is 51.2 Å². The molecule has 0 saturated carbocycles. The molecule has 140 valence electrons. The quantitative estimate of drug-likeness (QED) is 0.443. The second kappa shape index (κ2) is 7.32. The van der Waals surface area contributed by atoms with Crippen LogP contribution in [-0.4, -0.2) is 10.9 Å². The number of carbonyl (C=O) groups excluding carboxylic acids is 1. The lowest BCUT2D eigenvalue weighted by Crippen LogP contribution is -2.11. The van der Waals surface area contributed by atoms with Crippen molar-refractivity contribution in [3.63, 3.8) is 0 Å². The van der Waals surface area contributed by atoms with Crippen LogP contribution in [0.2, 0.25) is 0 Å². The number of ether oxygens (including phenoxy) is 1. The van der Waals surface area contributed by atoms with Crippen LogP contribution in [0, 0.1) is 17.5 Å². The highest BCUT2D eigenvalue weighted by Crippen LogP contribution is 2.31. The number of anilines is 1. The lowest BCUT2D eigenvalue weighted by molar-refractivity contribution is 0.102. The summed E-state index contributed by atoms with van der Waals surface area (Å²) in [5.41, 5.74) is -0.0501. The number of halogens is 3. The van der Waals surface area contributed by atoms with Crippen molar-refractivity contribution in [2.45, 2.75) is 0 Å². The molecule has 0 aliphatic heterocycles. The standard InChI is InChI=1S/C20H11F3N2O2S/c21-14-10-15-18(17(23)16(14)22)24-20(28-15)25-19(26)11-5-4-8-13(9-11)27-12-6-2-1-3-7-12/h1-10H,(H,24,25,26). The molecule has 1 N–H and O–H groups in total. The Balaban J connectivity index is 1.56. The van der Waals surface area contributed by atoms with Gasteiger partial charge in [-0.25, -0.2) is 18.2 Å². The number of para-hydroxylation sites is 1. The van der Waals surface area contributed by atoms with E-state index in [4.69, 9.17) is 4.74 Å². The predicted molar refractivity (Wildman–Crippen MR) is 100 cm³/mol. The van der Waals surface area contributed by atoms with Crippen LogP contribution >= 0.6 is 11.3 Å². The second-order valence-electron chi connectivity index (χ2n) is 5.75. The molecule has 1 amide bonds. The summed E-state index contributed by atoms with van der Waals surface area (Å²) in [6.45, 7) is 0. The maximum Gasteiger partial charge on any atom is 0.257 e. The maximum absolute atomic E-state index is 13.8. The Morgan fingerprint density at radius 2 is 1.68 bits per heavy atom. The van der Waals surface area contributed by atoms with E-state index in [0.29, 0.717) is 11.5 Å². The summed E-state index contributed by atoms with van der Waals surface area (Å²) < 4.78 is 46.2. The van der Waals surface area contributed by atoms with Gasteiger partial charge in [0.2, 0.25) is 0 Å². The lowest BCUT2D eigenvalue weighted by Gasteiger charge is -2.07. The SMILES string of the molecule is O=C(Nc1nc2c(F)c(F)c(F)cc2s1)c1cccc(Oc2ccccc2)c1. The molecule has 0 unspecified atom stereocenters. The Morgan fingerprint density at radius 1 is 0.929 bits per heavy atom. The van der Waals surface area contributed by atoms with Crippen LogP contribution in [0.5, 0.6) is 11.5 Å². The zero-order valence-electron chi connectivity index (χ0n) is 14.1. The number of thiazole rings is 1. The third-order valence-electron chi connectivity index (χ3n) is 3.82. The zero-order valence-corrected chi connectivity index (χ0v) is 14.9. The summed E-state index contributed by atoms with van der Waals surface area (Å²) >= 11 is 0.843. The molecule has 0 fully saturated rings. The van der Waals surface area contributed by atoms with Gasteiger partial charge in [-0.3, -0.25) is 10.1 Å². The van der Waals surface area contributed by atoms with Crippen LogP contribution in [0.1, 0.15) is 10.4 Å². The minimum Gasteiger partial charge on any atom is -0.457 e. The molecular weight excluding hydrogens is 389 g/mol. The molecule has 4 nitrogen and oxygen atoms in total. The van der Waals surface area contributed by atoms with Gasteiger partial charge in [0.05, 0.1) is 4.70 Å². The molecule has 1 heterocycles. The van der Waals surface area contributed by atoms with Crippen molar-refractivity contribution in [1.29, 1.82) is 0 Å². The van der Waals surface area contributed by atoms with Crippen LogP contribution in [-0.2, 0) is 0 Å². The van der Waals surface area contributed by atoms with Gasteiger partial charge >= 0.3 is 0 Å². The van der Waals surface area contributed by atoms with E-state index in [0.717, 1.165) is 17.4 Å². The fourth-order valence-corrected chi connectivity index (χ4v) is 3.41. The monoisotopic (exact) mass is 400 g/mol. The van der Waals surface area contributed by atoms with Gasteiger partial charge in [0.15, 0.2) is 22.6 Å². The summed E-state index contributed by atoms with van der Waals surface area (Å²) in [7, 11) is 0. The first-order valence-corrected chi connectivity index (χ1v) is 8.91.